The van der Waals surface area contributed by atoms with Gasteiger partial charge in [0.1, 0.15) is 12.2 Å². The zero-order chi connectivity index (χ0) is 21.0. The summed E-state index contributed by atoms with van der Waals surface area (Å²) in [5, 5.41) is 7.31. The van der Waals surface area contributed by atoms with Crippen LogP contribution in [0.15, 0.2) is 53.2 Å². The van der Waals surface area contributed by atoms with Crippen molar-refractivity contribution in [3.8, 4) is 10.6 Å². The Morgan fingerprint density at radius 1 is 1.16 bits per heavy atom. The normalized spacial score (nSPS) is 14.5. The van der Waals surface area contributed by atoms with Crippen molar-refractivity contribution in [3.05, 3.63) is 53.0 Å². The maximum Gasteiger partial charge on any atom is 0.260 e. The predicted octanol–water partition coefficient (Wildman–Crippen LogP) is 4.36. The molecule has 4 aromatic rings. The molecule has 158 valence electrons. The Balaban J connectivity index is 1.31. The number of hydrogen-bond acceptors (Lipinski definition) is 7. The van der Waals surface area contributed by atoms with Crippen LogP contribution in [0.25, 0.3) is 21.6 Å². The fourth-order valence-corrected chi connectivity index (χ4v) is 5.50. The number of para-hydroxylation sites is 2. The molecule has 0 unspecified atom stereocenters. The topological polar surface area (TPSA) is 75.4 Å². The van der Waals surface area contributed by atoms with E-state index in [0.29, 0.717) is 0 Å². The van der Waals surface area contributed by atoms with E-state index in [-0.39, 0.29) is 12.5 Å². The Hall–Kier alpha value is -3.04. The van der Waals surface area contributed by atoms with E-state index in [9.17, 15) is 4.79 Å². The summed E-state index contributed by atoms with van der Waals surface area (Å²) in [6, 6.07) is 11.8. The van der Waals surface area contributed by atoms with Crippen LogP contribution in [0, 0.1) is 0 Å². The number of carbonyl (C=O) groups is 1. The summed E-state index contributed by atoms with van der Waals surface area (Å²) in [6.45, 7) is 2.25. The van der Waals surface area contributed by atoms with Gasteiger partial charge in [-0.2, -0.15) is 5.10 Å². The van der Waals surface area contributed by atoms with Crippen LogP contribution >= 0.6 is 22.7 Å². The smallest absolute Gasteiger partial charge is 0.260 e. The minimum atomic E-state index is -0.196. The quantitative estimate of drug-likeness (QED) is 0.350. The molecule has 7 nitrogen and oxygen atoms in total. The average Bonchev–Trinajstić information content (AvgIpc) is 3.55. The van der Waals surface area contributed by atoms with E-state index >= 15 is 0 Å². The Kier molecular flexibility index (Phi) is 5.77. The fourth-order valence-electron chi connectivity index (χ4n) is 3.71. The summed E-state index contributed by atoms with van der Waals surface area (Å²) >= 11 is 3.29. The third-order valence-corrected chi connectivity index (χ3v) is 7.16. The number of amides is 1. The minimum Gasteiger partial charge on any atom is -0.348 e. The monoisotopic (exact) mass is 450 g/mol. The van der Waals surface area contributed by atoms with Crippen LogP contribution in [0.5, 0.6) is 0 Å². The molecule has 1 N–H and O–H groups in total. The summed E-state index contributed by atoms with van der Waals surface area (Å²) in [6.07, 6.45) is 7.08. The second-order valence-corrected chi connectivity index (χ2v) is 9.35. The lowest BCUT2D eigenvalue weighted by atomic mass is 10.1. The van der Waals surface area contributed by atoms with Crippen LogP contribution in [0.2, 0.25) is 0 Å². The maximum absolute atomic E-state index is 12.4. The lowest BCUT2D eigenvalue weighted by molar-refractivity contribution is -0.121. The minimum absolute atomic E-state index is 0.164. The third kappa shape index (κ3) is 4.38. The van der Waals surface area contributed by atoms with Gasteiger partial charge >= 0.3 is 0 Å². The van der Waals surface area contributed by atoms with Crippen molar-refractivity contribution in [1.29, 1.82) is 0 Å². The van der Waals surface area contributed by atoms with Crippen LogP contribution in [0.4, 0.5) is 5.13 Å². The first-order valence-electron chi connectivity index (χ1n) is 10.3. The number of imidazole rings is 1. The molecule has 4 heterocycles. The van der Waals surface area contributed by atoms with E-state index in [1.165, 1.54) is 19.3 Å². The van der Waals surface area contributed by atoms with Gasteiger partial charge in [0.15, 0.2) is 5.13 Å². The number of hydrogen-bond donors (Lipinski definition) is 1. The van der Waals surface area contributed by atoms with Crippen LogP contribution in [0.1, 0.15) is 24.1 Å². The third-order valence-electron chi connectivity index (χ3n) is 5.24. The van der Waals surface area contributed by atoms with Gasteiger partial charge in [-0.15, -0.1) is 11.3 Å². The number of benzene rings is 1. The summed E-state index contributed by atoms with van der Waals surface area (Å²) in [7, 11) is 0. The number of carbonyl (C=O) groups excluding carboxylic acids is 1. The Bertz CT molecular complexity index is 1200. The van der Waals surface area contributed by atoms with Gasteiger partial charge in [-0.05, 0) is 42.8 Å². The van der Waals surface area contributed by atoms with E-state index in [4.69, 9.17) is 4.98 Å². The molecule has 0 aliphatic carbocycles. The van der Waals surface area contributed by atoms with Crippen LogP contribution in [-0.4, -0.2) is 39.7 Å². The van der Waals surface area contributed by atoms with Crippen LogP contribution in [0.3, 0.4) is 0 Å². The molecular weight excluding hydrogens is 428 g/mol. The first-order chi connectivity index (χ1) is 15.3. The van der Waals surface area contributed by atoms with Crippen molar-refractivity contribution in [3.63, 3.8) is 0 Å². The molecule has 1 amide bonds. The number of anilines is 1. The second-order valence-electron chi connectivity index (χ2n) is 7.39. The zero-order valence-electron chi connectivity index (χ0n) is 16.9. The van der Waals surface area contributed by atoms with Crippen LogP contribution < -0.4 is 10.3 Å². The van der Waals surface area contributed by atoms with Crippen molar-refractivity contribution in [2.75, 3.05) is 18.0 Å². The fraction of sp³-hybridized carbons (Fsp3) is 0.273. The molecular formula is C22H22N6OS2. The molecule has 1 fully saturated rings. The van der Waals surface area contributed by atoms with E-state index in [2.05, 4.69) is 26.5 Å². The number of aromatic nitrogens is 3. The van der Waals surface area contributed by atoms with E-state index in [1.54, 1.807) is 35.2 Å². The molecule has 0 atom stereocenters. The summed E-state index contributed by atoms with van der Waals surface area (Å²) < 4.78 is 1.82. The highest BCUT2D eigenvalue weighted by Gasteiger charge is 2.19. The number of piperidine rings is 1. The Morgan fingerprint density at radius 3 is 2.87 bits per heavy atom. The highest BCUT2D eigenvalue weighted by Crippen LogP contribution is 2.35. The summed E-state index contributed by atoms with van der Waals surface area (Å²) in [5.74, 6) is -0.196. The number of thiophene rings is 1. The molecule has 5 rings (SSSR count). The molecule has 0 saturated carbocycles. The number of nitrogens with one attached hydrogen (secondary N) is 1. The van der Waals surface area contributed by atoms with Crippen molar-refractivity contribution in [2.45, 2.75) is 25.8 Å². The van der Waals surface area contributed by atoms with Gasteiger partial charge in [0.25, 0.3) is 5.91 Å². The van der Waals surface area contributed by atoms with E-state index in [1.807, 2.05) is 40.3 Å². The van der Waals surface area contributed by atoms with E-state index in [0.717, 1.165) is 44.7 Å². The molecule has 1 saturated heterocycles. The maximum atomic E-state index is 12.4. The molecule has 1 aromatic carbocycles. The van der Waals surface area contributed by atoms with E-state index < -0.39 is 0 Å². The van der Waals surface area contributed by atoms with Gasteiger partial charge in [-0.25, -0.2) is 15.4 Å². The Labute approximate surface area is 188 Å². The summed E-state index contributed by atoms with van der Waals surface area (Å²) in [4.78, 5) is 26.1. The van der Waals surface area contributed by atoms with Crippen LogP contribution in [-0.2, 0) is 11.3 Å². The van der Waals surface area contributed by atoms with Crippen molar-refractivity contribution < 1.29 is 4.79 Å². The predicted molar refractivity (Wildman–Crippen MR) is 127 cm³/mol. The van der Waals surface area contributed by atoms with Crippen molar-refractivity contribution >= 4 is 51.0 Å². The molecule has 31 heavy (non-hydrogen) atoms. The molecule has 0 radical (unpaired) electrons. The number of fused-ring (bicyclic) bond motifs is 1. The molecule has 0 spiro atoms. The highest BCUT2D eigenvalue weighted by atomic mass is 32.1. The lowest BCUT2D eigenvalue weighted by Crippen LogP contribution is -2.29. The van der Waals surface area contributed by atoms with Gasteiger partial charge < -0.3 is 9.47 Å². The van der Waals surface area contributed by atoms with Gasteiger partial charge in [-0.1, -0.05) is 29.5 Å². The Morgan fingerprint density at radius 2 is 2.03 bits per heavy atom. The summed E-state index contributed by atoms with van der Waals surface area (Å²) in [5.41, 5.74) is 5.37. The van der Waals surface area contributed by atoms with Gasteiger partial charge in [-0.3, -0.25) is 4.79 Å². The lowest BCUT2D eigenvalue weighted by Gasteiger charge is -2.25. The number of hydrazone groups is 1. The van der Waals surface area contributed by atoms with Gasteiger partial charge in [0, 0.05) is 13.1 Å². The average molecular weight is 451 g/mol. The number of nitrogens with zero attached hydrogens (tertiary/aromatic N) is 5. The standard InChI is InChI=1S/C22H22N6OS2/c29-20(14-28-15-23-16-7-2-3-8-17(16)28)26-24-13-19-21(18-9-6-12-30-18)25-22(31-19)27-10-4-1-5-11-27/h2-3,6-9,12-13,15H,1,4-5,10-11,14H2,(H,26,29)/b24-13-. The molecule has 0 bridgehead atoms. The highest BCUT2D eigenvalue weighted by molar-refractivity contribution is 7.18. The molecule has 1 aliphatic heterocycles. The van der Waals surface area contributed by atoms with Gasteiger partial charge in [0.05, 0.1) is 33.3 Å². The second kappa shape index (κ2) is 8.99. The first kappa shape index (κ1) is 19.9. The largest absolute Gasteiger partial charge is 0.348 e. The zero-order valence-corrected chi connectivity index (χ0v) is 18.5. The number of rotatable bonds is 6. The van der Waals surface area contributed by atoms with Crippen molar-refractivity contribution in [1.82, 2.24) is 20.0 Å². The molecule has 1 aliphatic rings. The van der Waals surface area contributed by atoms with Crippen molar-refractivity contribution in [2.24, 2.45) is 5.10 Å². The molecule has 9 heteroatoms. The number of thiazole rings is 1. The van der Waals surface area contributed by atoms with Gasteiger partial charge in [0.2, 0.25) is 0 Å². The first-order valence-corrected chi connectivity index (χ1v) is 12.0. The SMILES string of the molecule is O=C(Cn1cnc2ccccc21)N/N=C\c1sc(N2CCCCC2)nc1-c1cccs1. The molecule has 3 aromatic heterocycles.